The molecule has 110 valence electrons. The largest absolute Gasteiger partial charge is 0.497 e. The molecule has 0 atom stereocenters. The van der Waals surface area contributed by atoms with Gasteiger partial charge in [-0.25, -0.2) is 4.79 Å². The summed E-state index contributed by atoms with van der Waals surface area (Å²) < 4.78 is 15.5. The zero-order valence-electron chi connectivity index (χ0n) is 12.6. The molecule has 0 amide bonds. The van der Waals surface area contributed by atoms with E-state index >= 15 is 0 Å². The van der Waals surface area contributed by atoms with Gasteiger partial charge in [-0.05, 0) is 36.8 Å². The molecule has 0 unspecified atom stereocenters. The van der Waals surface area contributed by atoms with Gasteiger partial charge in [0, 0.05) is 11.1 Å². The van der Waals surface area contributed by atoms with Crippen molar-refractivity contribution in [2.45, 2.75) is 6.92 Å². The van der Waals surface area contributed by atoms with Crippen molar-refractivity contribution in [1.29, 1.82) is 0 Å². The van der Waals surface area contributed by atoms with Gasteiger partial charge in [0.2, 0.25) is 0 Å². The van der Waals surface area contributed by atoms with Gasteiger partial charge in [-0.2, -0.15) is 0 Å². The Morgan fingerprint density at radius 2 is 1.62 bits per heavy atom. The summed E-state index contributed by atoms with van der Waals surface area (Å²) >= 11 is 0. The maximum Gasteiger partial charge on any atom is 0.338 e. The zero-order valence-corrected chi connectivity index (χ0v) is 12.6. The maximum absolute atomic E-state index is 12.0. The third kappa shape index (κ3) is 2.99. The average molecular weight is 286 g/mol. The monoisotopic (exact) mass is 286 g/mol. The molecule has 0 radical (unpaired) electrons. The summed E-state index contributed by atoms with van der Waals surface area (Å²) in [6.07, 6.45) is 0. The Labute approximate surface area is 124 Å². The van der Waals surface area contributed by atoms with Crippen LogP contribution < -0.4 is 9.47 Å². The van der Waals surface area contributed by atoms with Crippen LogP contribution in [-0.2, 0) is 4.74 Å². The minimum absolute atomic E-state index is 0.411. The van der Waals surface area contributed by atoms with Gasteiger partial charge in [-0.3, -0.25) is 0 Å². The average Bonchev–Trinajstić information content (AvgIpc) is 2.53. The van der Waals surface area contributed by atoms with Gasteiger partial charge in [0.25, 0.3) is 0 Å². The summed E-state index contributed by atoms with van der Waals surface area (Å²) in [6.45, 7) is 1.99. The van der Waals surface area contributed by atoms with E-state index in [9.17, 15) is 4.79 Å². The summed E-state index contributed by atoms with van der Waals surface area (Å²) in [5, 5.41) is 0. The van der Waals surface area contributed by atoms with E-state index in [2.05, 4.69) is 0 Å². The van der Waals surface area contributed by atoms with Crippen LogP contribution in [0.3, 0.4) is 0 Å². The highest BCUT2D eigenvalue weighted by Gasteiger charge is 2.17. The highest BCUT2D eigenvalue weighted by molar-refractivity contribution is 5.98. The van der Waals surface area contributed by atoms with Crippen molar-refractivity contribution >= 4 is 5.97 Å². The highest BCUT2D eigenvalue weighted by Crippen LogP contribution is 2.35. The third-order valence-electron chi connectivity index (χ3n) is 3.28. The second-order valence-electron chi connectivity index (χ2n) is 4.61. The number of benzene rings is 2. The zero-order chi connectivity index (χ0) is 15.4. The Morgan fingerprint density at radius 3 is 2.24 bits per heavy atom. The molecule has 4 nitrogen and oxygen atoms in total. The van der Waals surface area contributed by atoms with Gasteiger partial charge in [0.1, 0.15) is 11.5 Å². The first-order chi connectivity index (χ1) is 10.1. The number of esters is 1. The molecular weight excluding hydrogens is 268 g/mol. The van der Waals surface area contributed by atoms with E-state index in [1.54, 1.807) is 26.4 Å². The second-order valence-corrected chi connectivity index (χ2v) is 4.61. The molecule has 2 aromatic rings. The first kappa shape index (κ1) is 14.9. The summed E-state index contributed by atoms with van der Waals surface area (Å²) in [5.74, 6) is 0.905. The molecule has 0 saturated heterocycles. The summed E-state index contributed by atoms with van der Waals surface area (Å²) in [7, 11) is 4.53. The number of hydrogen-bond donors (Lipinski definition) is 0. The molecule has 2 rings (SSSR count). The van der Waals surface area contributed by atoms with Crippen molar-refractivity contribution in [3.8, 4) is 22.6 Å². The summed E-state index contributed by atoms with van der Waals surface area (Å²) in [6, 6.07) is 11.1. The lowest BCUT2D eigenvalue weighted by molar-refractivity contribution is 0.0601. The number of carbonyl (C=O) groups excluding carboxylic acids is 1. The second kappa shape index (κ2) is 6.31. The van der Waals surface area contributed by atoms with Crippen molar-refractivity contribution in [2.75, 3.05) is 21.3 Å². The van der Waals surface area contributed by atoms with Crippen LogP contribution in [0.25, 0.3) is 11.1 Å². The highest BCUT2D eigenvalue weighted by atomic mass is 16.5. The fourth-order valence-electron chi connectivity index (χ4n) is 2.18. The number of ether oxygens (including phenoxy) is 3. The lowest BCUT2D eigenvalue weighted by Gasteiger charge is -2.14. The molecule has 0 aliphatic carbocycles. The number of methoxy groups -OCH3 is 3. The topological polar surface area (TPSA) is 44.8 Å². The SMILES string of the molecule is COC(=O)c1cc(OC)ccc1-c1ccc(C)cc1OC. The lowest BCUT2D eigenvalue weighted by atomic mass is 9.97. The first-order valence-electron chi connectivity index (χ1n) is 6.52. The number of carbonyl (C=O) groups is 1. The Bertz CT molecular complexity index is 662. The van der Waals surface area contributed by atoms with Crippen LogP contribution in [0, 0.1) is 6.92 Å². The molecule has 0 aromatic heterocycles. The van der Waals surface area contributed by atoms with Crippen LogP contribution >= 0.6 is 0 Å². The Kier molecular flexibility index (Phi) is 4.48. The smallest absolute Gasteiger partial charge is 0.338 e. The van der Waals surface area contributed by atoms with Crippen molar-refractivity contribution in [3.05, 3.63) is 47.5 Å². The normalized spacial score (nSPS) is 10.1. The molecule has 0 fully saturated rings. The summed E-state index contributed by atoms with van der Waals surface area (Å²) in [4.78, 5) is 12.0. The van der Waals surface area contributed by atoms with Crippen LogP contribution in [0.5, 0.6) is 11.5 Å². The standard InChI is InChI=1S/C17H18O4/c1-11-5-7-14(16(9-11)20-3)13-8-6-12(19-2)10-15(13)17(18)21-4/h5-10H,1-4H3. The molecule has 0 spiro atoms. The molecule has 0 saturated carbocycles. The molecule has 0 aliphatic heterocycles. The Morgan fingerprint density at radius 1 is 0.905 bits per heavy atom. The molecular formula is C17H18O4. The quantitative estimate of drug-likeness (QED) is 0.807. The van der Waals surface area contributed by atoms with Gasteiger partial charge in [-0.1, -0.05) is 12.1 Å². The molecule has 0 bridgehead atoms. The van der Waals surface area contributed by atoms with Crippen LogP contribution in [0.2, 0.25) is 0 Å². The molecule has 0 heterocycles. The lowest BCUT2D eigenvalue weighted by Crippen LogP contribution is -2.04. The minimum Gasteiger partial charge on any atom is -0.497 e. The predicted octanol–water partition coefficient (Wildman–Crippen LogP) is 3.47. The molecule has 0 N–H and O–H groups in total. The Hall–Kier alpha value is -2.49. The van der Waals surface area contributed by atoms with E-state index in [0.29, 0.717) is 17.1 Å². The molecule has 4 heteroatoms. The van der Waals surface area contributed by atoms with Crippen LogP contribution in [0.15, 0.2) is 36.4 Å². The van der Waals surface area contributed by atoms with E-state index in [0.717, 1.165) is 16.7 Å². The number of hydrogen-bond acceptors (Lipinski definition) is 4. The van der Waals surface area contributed by atoms with E-state index in [4.69, 9.17) is 14.2 Å². The fraction of sp³-hybridized carbons (Fsp3) is 0.235. The van der Waals surface area contributed by atoms with Gasteiger partial charge < -0.3 is 14.2 Å². The van der Waals surface area contributed by atoms with E-state index < -0.39 is 5.97 Å². The number of aryl methyl sites for hydroxylation is 1. The molecule has 21 heavy (non-hydrogen) atoms. The first-order valence-corrected chi connectivity index (χ1v) is 6.52. The summed E-state index contributed by atoms with van der Waals surface area (Å²) in [5.41, 5.74) is 3.12. The fourth-order valence-corrected chi connectivity index (χ4v) is 2.18. The van der Waals surface area contributed by atoms with Crippen LogP contribution in [0.1, 0.15) is 15.9 Å². The third-order valence-corrected chi connectivity index (χ3v) is 3.28. The molecule has 0 aliphatic rings. The van der Waals surface area contributed by atoms with Crippen molar-refractivity contribution in [2.24, 2.45) is 0 Å². The van der Waals surface area contributed by atoms with Crippen LogP contribution in [0.4, 0.5) is 0 Å². The van der Waals surface area contributed by atoms with E-state index in [1.807, 2.05) is 31.2 Å². The van der Waals surface area contributed by atoms with Crippen molar-refractivity contribution in [3.63, 3.8) is 0 Å². The van der Waals surface area contributed by atoms with E-state index in [-0.39, 0.29) is 0 Å². The Balaban J connectivity index is 2.65. The van der Waals surface area contributed by atoms with Gasteiger partial charge in [-0.15, -0.1) is 0 Å². The van der Waals surface area contributed by atoms with E-state index in [1.165, 1.54) is 7.11 Å². The van der Waals surface area contributed by atoms with Crippen LogP contribution in [-0.4, -0.2) is 27.3 Å². The van der Waals surface area contributed by atoms with Crippen molar-refractivity contribution < 1.29 is 19.0 Å². The molecule has 2 aromatic carbocycles. The van der Waals surface area contributed by atoms with Gasteiger partial charge in [0.15, 0.2) is 0 Å². The number of rotatable bonds is 4. The van der Waals surface area contributed by atoms with Gasteiger partial charge in [0.05, 0.1) is 26.9 Å². The van der Waals surface area contributed by atoms with Crippen molar-refractivity contribution in [1.82, 2.24) is 0 Å². The van der Waals surface area contributed by atoms with Gasteiger partial charge >= 0.3 is 5.97 Å². The maximum atomic E-state index is 12.0. The minimum atomic E-state index is -0.411. The predicted molar refractivity (Wildman–Crippen MR) is 81.1 cm³/mol.